The van der Waals surface area contributed by atoms with Crippen LogP contribution in [0.25, 0.3) is 0 Å². The molecule has 4 aliphatic carbocycles. The van der Waals surface area contributed by atoms with Crippen LogP contribution in [0.3, 0.4) is 0 Å². The minimum atomic E-state index is -1.79. The van der Waals surface area contributed by atoms with E-state index < -0.39 is 227 Å². The molecule has 32 heteroatoms. The zero-order chi connectivity index (χ0) is 75.7. The zero-order valence-electron chi connectivity index (χ0n) is 60.1. The van der Waals surface area contributed by atoms with Crippen molar-refractivity contribution in [2.45, 2.75) is 295 Å². The molecule has 4 saturated heterocycles. The van der Waals surface area contributed by atoms with E-state index in [4.69, 9.17) is 52.1 Å². The quantitative estimate of drug-likeness (QED) is 0.0436. The third-order valence-electron chi connectivity index (χ3n) is 22.2. The Morgan fingerprint density at radius 3 is 1.44 bits per heavy atom. The highest BCUT2D eigenvalue weighted by Gasteiger charge is 2.55. The van der Waals surface area contributed by atoms with Gasteiger partial charge in [-0.2, -0.15) is 0 Å². The minimum absolute atomic E-state index is 0.0336. The van der Waals surface area contributed by atoms with Gasteiger partial charge in [0.2, 0.25) is 11.8 Å². The van der Waals surface area contributed by atoms with Crippen LogP contribution in [0.4, 0.5) is 0 Å². The highest BCUT2D eigenvalue weighted by molar-refractivity contribution is 5.95. The maximum absolute atomic E-state index is 14.5. The molecule has 15 N–H and O–H groups in total. The molecule has 32 nitrogen and oxygen atoms in total. The van der Waals surface area contributed by atoms with Gasteiger partial charge in [0.1, 0.15) is 80.3 Å². The van der Waals surface area contributed by atoms with E-state index in [0.29, 0.717) is 36.8 Å². The van der Waals surface area contributed by atoms with Crippen LogP contribution in [0.2, 0.25) is 0 Å². The smallest absolute Gasteiger partial charge is 0.332 e. The number of rotatable bonds is 32. The average molecular weight is 1500 g/mol. The van der Waals surface area contributed by atoms with Gasteiger partial charge in [-0.15, -0.1) is 0 Å². The molecular weight excluding hydrogens is 1390 g/mol. The molecule has 106 heavy (non-hydrogen) atoms. The average Bonchev–Trinajstić information content (AvgIpc) is 0.772. The largest absolute Gasteiger partial charge is 0.479 e. The number of aliphatic hydroxyl groups is 9. The number of benzene rings is 2. The van der Waals surface area contributed by atoms with Crippen molar-refractivity contribution in [3.8, 4) is 0 Å². The van der Waals surface area contributed by atoms with Crippen LogP contribution in [-0.2, 0) is 71.3 Å². The predicted molar refractivity (Wildman–Crippen MR) is 369 cm³/mol. The van der Waals surface area contributed by atoms with Crippen molar-refractivity contribution in [1.82, 2.24) is 21.3 Å². The molecule has 4 amide bonds. The van der Waals surface area contributed by atoms with Gasteiger partial charge in [0.25, 0.3) is 11.8 Å². The number of amides is 4. The van der Waals surface area contributed by atoms with Gasteiger partial charge in [0, 0.05) is 23.5 Å². The lowest BCUT2D eigenvalue weighted by atomic mass is 9.75. The van der Waals surface area contributed by atoms with Crippen molar-refractivity contribution in [3.05, 3.63) is 71.8 Å². The monoisotopic (exact) mass is 1500 g/mol. The van der Waals surface area contributed by atoms with Crippen LogP contribution >= 0.6 is 0 Å². The lowest BCUT2D eigenvalue weighted by Crippen LogP contribution is -2.68. The highest BCUT2D eigenvalue weighted by Crippen LogP contribution is 2.42. The Bertz CT molecular complexity index is 3080. The minimum Gasteiger partial charge on any atom is -0.479 e. The van der Waals surface area contributed by atoms with Crippen LogP contribution < -0.4 is 21.3 Å². The molecule has 1 unspecified atom stereocenters. The lowest BCUT2D eigenvalue weighted by molar-refractivity contribution is -0.334. The van der Waals surface area contributed by atoms with Gasteiger partial charge in [-0.1, -0.05) is 107 Å². The van der Waals surface area contributed by atoms with Crippen molar-refractivity contribution < 1.29 is 137 Å². The molecule has 4 saturated carbocycles. The summed E-state index contributed by atoms with van der Waals surface area (Å²) in [6.07, 6.45) is -20.8. The first-order chi connectivity index (χ1) is 51.0. The molecule has 27 atom stereocenters. The SMILES string of the molecule is C[C@@H]1O[C@@H](O[C@@H]2[C@@H](NC(=O)c3ccccc3)CCC[C@H]2O[C@@H]2O[C@H](CO)[C@H](O)[C@H](O[C@@H](CC3CCCCC3)C(=O)O)[C@H]2NC(=O)COCCOCC(=O)N[C@@H]2[C@@H](O[C@@H](CC3CCCCC3)C(=O)O)C[C@@H](CO)O[C@H]2C2CCC[C@H](NC(=O)c3ccccc3)[C@H]2O[C@@H]2O[C@@H](C)[C@@H](O)[C@@H](O)[C@@H]2O)[C@@H](O)[C@H](O)[C@@H]1O. The van der Waals surface area contributed by atoms with Crippen molar-refractivity contribution in [2.24, 2.45) is 17.8 Å². The van der Waals surface area contributed by atoms with Crippen LogP contribution in [0.5, 0.6) is 0 Å². The number of aliphatic hydroxyl groups excluding tert-OH is 9. The molecule has 2 aromatic carbocycles. The maximum Gasteiger partial charge on any atom is 0.332 e. The molecule has 0 spiro atoms. The first-order valence-corrected chi connectivity index (χ1v) is 37.8. The molecule has 4 aliphatic heterocycles. The second kappa shape index (κ2) is 39.9. The van der Waals surface area contributed by atoms with E-state index in [1.807, 2.05) is 0 Å². The van der Waals surface area contributed by atoms with Crippen molar-refractivity contribution in [2.75, 3.05) is 39.6 Å². The summed E-state index contributed by atoms with van der Waals surface area (Å²) in [5, 5.41) is 132. The molecule has 0 radical (unpaired) electrons. The Labute approximate surface area is 615 Å². The van der Waals surface area contributed by atoms with Crippen molar-refractivity contribution >= 4 is 35.6 Å². The van der Waals surface area contributed by atoms with E-state index in [0.717, 1.165) is 64.2 Å². The first kappa shape index (κ1) is 82.9. The third-order valence-corrected chi connectivity index (χ3v) is 22.2. The standard InChI is InChI=1S/C74H110N4O28/c1-38-57(83)60(86)62(88)73(98-38)105-64-45(25-15-26-46(64)75-68(90)42-21-11-5-12-22-42)65-55(49(33-44(34-79)100-65)101-50(70(92)93)31-40-17-7-3-8-18-40)77-53(81)36-96-29-30-97-37-54(82)78-56-67(102-51(71(94)95)32-41-19-9-4-10-20-41)59(85)52(35-80)104-72(56)103-48-28-16-27-47(76-69(91)43-23-13-6-14-24-43)66(48)106-74-63(89)61(87)58(84)39(2)99-74/h5-6,11-14,21-24,38-41,44-52,55-67,72-74,79-80,83-89H,3-4,7-10,15-20,25-37H2,1-2H3,(H,75,90)(H,76,91)(H,77,81)(H,78,82)(H,92,93)(H,94,95)/t38-,39-,44-,45?,46-,47-,48+,49-,50-,51-,52+,55+,56+,57+,58+,59-,60+,61+,62-,63-,64-,65-,66+,67+,72+,73-,74-/m0/s1. The summed E-state index contributed by atoms with van der Waals surface area (Å²) < 4.78 is 69.2. The molecule has 0 bridgehead atoms. The zero-order valence-corrected chi connectivity index (χ0v) is 60.1. The summed E-state index contributed by atoms with van der Waals surface area (Å²) in [4.78, 5) is 82.9. The van der Waals surface area contributed by atoms with E-state index >= 15 is 0 Å². The molecular formula is C74H110N4O28. The second-order valence-electron chi connectivity index (χ2n) is 29.7. The van der Waals surface area contributed by atoms with E-state index in [-0.39, 0.29) is 57.2 Å². The number of nitrogens with one attached hydrogen (secondary N) is 4. The number of carboxylic acids is 2. The Kier molecular flexibility index (Phi) is 31.2. The number of carbonyl (C=O) groups is 6. The Hall–Kier alpha value is -5.54. The Balaban J connectivity index is 0.858. The maximum atomic E-state index is 14.5. The topological polar surface area (TPSA) is 475 Å². The summed E-state index contributed by atoms with van der Waals surface area (Å²) in [5.74, 6) is -6.03. The van der Waals surface area contributed by atoms with Gasteiger partial charge < -0.3 is 130 Å². The molecule has 0 aromatic heterocycles. The van der Waals surface area contributed by atoms with Gasteiger partial charge in [-0.05, 0) is 94.9 Å². The molecule has 10 rings (SSSR count). The van der Waals surface area contributed by atoms with Gasteiger partial charge in [-0.3, -0.25) is 19.2 Å². The number of hydrogen-bond donors (Lipinski definition) is 15. The second-order valence-corrected chi connectivity index (χ2v) is 29.7. The number of carbonyl (C=O) groups excluding carboxylic acids is 4. The Morgan fingerprint density at radius 1 is 0.462 bits per heavy atom. The fourth-order valence-electron chi connectivity index (χ4n) is 16.4. The van der Waals surface area contributed by atoms with E-state index in [1.54, 1.807) is 60.7 Å². The van der Waals surface area contributed by atoms with Crippen molar-refractivity contribution in [3.63, 3.8) is 0 Å². The van der Waals surface area contributed by atoms with Crippen LogP contribution in [-0.4, -0.2) is 290 Å². The van der Waals surface area contributed by atoms with E-state index in [9.17, 15) is 84.9 Å². The molecule has 8 aliphatic rings. The summed E-state index contributed by atoms with van der Waals surface area (Å²) in [5.41, 5.74) is 0.622. The van der Waals surface area contributed by atoms with Gasteiger partial charge in [0.15, 0.2) is 31.1 Å². The summed E-state index contributed by atoms with van der Waals surface area (Å²) in [6.45, 7) is -0.453. The summed E-state index contributed by atoms with van der Waals surface area (Å²) >= 11 is 0. The number of ether oxygens (including phenoxy) is 11. The van der Waals surface area contributed by atoms with Crippen LogP contribution in [0, 0.1) is 17.8 Å². The number of carboxylic acid groups (broad SMARTS) is 2. The highest BCUT2D eigenvalue weighted by atomic mass is 16.7. The predicted octanol–water partition coefficient (Wildman–Crippen LogP) is 0.226. The number of aliphatic carboxylic acids is 2. The lowest BCUT2D eigenvalue weighted by Gasteiger charge is -2.50. The van der Waals surface area contributed by atoms with Crippen LogP contribution in [0.15, 0.2) is 60.7 Å². The van der Waals surface area contributed by atoms with Crippen LogP contribution in [0.1, 0.15) is 157 Å². The fraction of sp³-hybridized carbons (Fsp3) is 0.757. The molecule has 2 aromatic rings. The molecule has 594 valence electrons. The molecule has 8 fully saturated rings. The molecule has 4 heterocycles. The normalized spacial score (nSPS) is 36.8. The number of hydrogen-bond acceptors (Lipinski definition) is 26. The van der Waals surface area contributed by atoms with Gasteiger partial charge in [0.05, 0.1) is 87.3 Å². The van der Waals surface area contributed by atoms with Gasteiger partial charge in [-0.25, -0.2) is 9.59 Å². The Morgan fingerprint density at radius 2 is 0.943 bits per heavy atom. The van der Waals surface area contributed by atoms with Crippen molar-refractivity contribution in [1.29, 1.82) is 0 Å². The summed E-state index contributed by atoms with van der Waals surface area (Å²) in [7, 11) is 0. The first-order valence-electron chi connectivity index (χ1n) is 37.8. The third kappa shape index (κ3) is 21.7. The van der Waals surface area contributed by atoms with Gasteiger partial charge >= 0.3 is 11.9 Å². The fourth-order valence-corrected chi connectivity index (χ4v) is 16.4. The van der Waals surface area contributed by atoms with E-state index in [1.165, 1.54) is 13.8 Å². The summed E-state index contributed by atoms with van der Waals surface area (Å²) in [6, 6.07) is 12.2. The van der Waals surface area contributed by atoms with E-state index in [2.05, 4.69) is 21.3 Å².